The van der Waals surface area contributed by atoms with E-state index in [-0.39, 0.29) is 6.10 Å². The normalized spacial score (nSPS) is 25.8. The number of nitrogens with one attached hydrogen (secondary N) is 2. The van der Waals surface area contributed by atoms with Gasteiger partial charge < -0.3 is 24.8 Å². The third kappa shape index (κ3) is 5.47. The van der Waals surface area contributed by atoms with Crippen LogP contribution in [0.2, 0.25) is 0 Å². The molecule has 1 saturated carbocycles. The molecular weight excluding hydrogens is 480 g/mol. The van der Waals surface area contributed by atoms with Gasteiger partial charge in [0.25, 0.3) is 0 Å². The lowest BCUT2D eigenvalue weighted by Gasteiger charge is -2.39. The van der Waals surface area contributed by atoms with Crippen LogP contribution in [0.25, 0.3) is 10.2 Å². The van der Waals surface area contributed by atoms with Gasteiger partial charge in [-0.1, -0.05) is 0 Å². The summed E-state index contributed by atoms with van der Waals surface area (Å²) in [6.45, 7) is 8.39. The van der Waals surface area contributed by atoms with Gasteiger partial charge in [-0.15, -0.1) is 0 Å². The summed E-state index contributed by atoms with van der Waals surface area (Å²) in [6, 6.07) is 1.06. The first-order valence-corrected chi connectivity index (χ1v) is 13.7. The second-order valence-electron chi connectivity index (χ2n) is 9.79. The van der Waals surface area contributed by atoms with Crippen molar-refractivity contribution >= 4 is 39.2 Å². The predicted molar refractivity (Wildman–Crippen MR) is 138 cm³/mol. The summed E-state index contributed by atoms with van der Waals surface area (Å²) in [4.78, 5) is 13.1. The molecule has 5 heterocycles. The number of ether oxygens (including phenoxy) is 3. The van der Waals surface area contributed by atoms with Crippen LogP contribution in [0.15, 0.2) is 12.4 Å². The minimum Gasteiger partial charge on any atom is -0.379 e. The fourth-order valence-corrected chi connectivity index (χ4v) is 6.16. The van der Waals surface area contributed by atoms with E-state index >= 15 is 0 Å². The van der Waals surface area contributed by atoms with Crippen molar-refractivity contribution in [2.24, 2.45) is 0 Å². The van der Waals surface area contributed by atoms with Gasteiger partial charge in [0.1, 0.15) is 11.9 Å². The average Bonchev–Trinajstić information content (AvgIpc) is 3.51. The molecule has 2 N–H and O–H groups in total. The number of anilines is 3. The number of aryl methyl sites for hydroxylation is 1. The third-order valence-electron chi connectivity index (χ3n) is 7.27. The molecule has 3 aromatic rings. The molecule has 1 atom stereocenters. The highest BCUT2D eigenvalue weighted by molar-refractivity contribution is 7.13. The number of hydrogen-bond acceptors (Lipinski definition) is 11. The molecule has 0 bridgehead atoms. The Bertz CT molecular complexity index is 1150. The molecule has 36 heavy (non-hydrogen) atoms. The monoisotopic (exact) mass is 514 g/mol. The highest BCUT2D eigenvalue weighted by Crippen LogP contribution is 2.32. The van der Waals surface area contributed by atoms with E-state index in [9.17, 15) is 0 Å². The van der Waals surface area contributed by atoms with Crippen LogP contribution in [0.5, 0.6) is 0 Å². The van der Waals surface area contributed by atoms with Crippen LogP contribution in [-0.2, 0) is 20.8 Å². The molecule has 2 aliphatic heterocycles. The van der Waals surface area contributed by atoms with Crippen molar-refractivity contribution in [2.45, 2.75) is 57.3 Å². The maximum Gasteiger partial charge on any atom is 0.230 e. The second-order valence-corrected chi connectivity index (χ2v) is 10.5. The topological polar surface area (TPSA) is 111 Å². The van der Waals surface area contributed by atoms with Gasteiger partial charge in [-0.2, -0.15) is 19.4 Å². The van der Waals surface area contributed by atoms with Crippen molar-refractivity contribution in [1.29, 1.82) is 0 Å². The summed E-state index contributed by atoms with van der Waals surface area (Å²) in [5.41, 5.74) is 1.80. The summed E-state index contributed by atoms with van der Waals surface area (Å²) in [6.07, 6.45) is 8.42. The number of aromatic nitrogens is 5. The van der Waals surface area contributed by atoms with Crippen molar-refractivity contribution < 1.29 is 14.2 Å². The maximum atomic E-state index is 5.74. The number of nitrogens with zero attached hydrogens (tertiary/aromatic N) is 6. The highest BCUT2D eigenvalue weighted by atomic mass is 32.1. The lowest BCUT2D eigenvalue weighted by Crippen LogP contribution is -2.46. The molecule has 3 aromatic heterocycles. The molecule has 0 aromatic carbocycles. The highest BCUT2D eigenvalue weighted by Gasteiger charge is 2.28. The number of hydrogen-bond donors (Lipinski definition) is 2. The zero-order chi connectivity index (χ0) is 24.3. The molecule has 0 spiro atoms. The fraction of sp³-hybridized carbons (Fsp3) is 0.667. The molecule has 194 valence electrons. The van der Waals surface area contributed by atoms with Crippen molar-refractivity contribution in [2.75, 3.05) is 56.8 Å². The van der Waals surface area contributed by atoms with Crippen molar-refractivity contribution in [3.63, 3.8) is 0 Å². The van der Waals surface area contributed by atoms with E-state index in [4.69, 9.17) is 24.2 Å². The minimum atomic E-state index is 0.0217. The van der Waals surface area contributed by atoms with Gasteiger partial charge in [-0.05, 0) is 44.1 Å². The Hall–Kier alpha value is -2.38. The first kappa shape index (κ1) is 24.0. The fourth-order valence-electron chi connectivity index (χ4n) is 5.38. The van der Waals surface area contributed by atoms with E-state index in [1.165, 1.54) is 24.4 Å². The number of rotatable bonds is 7. The maximum absolute atomic E-state index is 5.74. The molecule has 11 nitrogen and oxygen atoms in total. The van der Waals surface area contributed by atoms with E-state index in [0.29, 0.717) is 44.4 Å². The second kappa shape index (κ2) is 10.9. The van der Waals surface area contributed by atoms with Crippen LogP contribution in [0.3, 0.4) is 0 Å². The van der Waals surface area contributed by atoms with E-state index in [1.807, 2.05) is 17.8 Å². The summed E-state index contributed by atoms with van der Waals surface area (Å²) in [7, 11) is 0. The first-order valence-electron chi connectivity index (χ1n) is 12.9. The average molecular weight is 515 g/mol. The van der Waals surface area contributed by atoms with E-state index < -0.39 is 0 Å². The zero-order valence-electron chi connectivity index (χ0n) is 20.7. The summed E-state index contributed by atoms with van der Waals surface area (Å²) < 4.78 is 23.2. The Kier molecular flexibility index (Phi) is 7.28. The molecule has 0 unspecified atom stereocenters. The van der Waals surface area contributed by atoms with Gasteiger partial charge in [0.05, 0.1) is 62.5 Å². The molecule has 6 rings (SSSR count). The van der Waals surface area contributed by atoms with Gasteiger partial charge in [-0.3, -0.25) is 9.58 Å². The van der Waals surface area contributed by atoms with Crippen LogP contribution in [-0.4, -0.2) is 93.3 Å². The Labute approximate surface area is 214 Å². The van der Waals surface area contributed by atoms with E-state index in [2.05, 4.69) is 25.0 Å². The minimum absolute atomic E-state index is 0.0217. The first-order chi connectivity index (χ1) is 17.7. The van der Waals surface area contributed by atoms with Crippen molar-refractivity contribution in [1.82, 2.24) is 29.0 Å². The Morgan fingerprint density at radius 2 is 1.92 bits per heavy atom. The van der Waals surface area contributed by atoms with Gasteiger partial charge >= 0.3 is 0 Å². The molecule has 2 saturated heterocycles. The molecule has 12 heteroatoms. The van der Waals surface area contributed by atoms with Crippen molar-refractivity contribution in [3.8, 4) is 0 Å². The van der Waals surface area contributed by atoms with Crippen LogP contribution < -0.4 is 10.6 Å². The molecule has 1 aliphatic carbocycles. The largest absolute Gasteiger partial charge is 0.379 e. The predicted octanol–water partition coefficient (Wildman–Crippen LogP) is 2.81. The quantitative estimate of drug-likeness (QED) is 0.488. The van der Waals surface area contributed by atoms with E-state index in [1.54, 1.807) is 6.20 Å². The van der Waals surface area contributed by atoms with E-state index in [0.717, 1.165) is 66.6 Å². The molecule has 0 radical (unpaired) electrons. The summed E-state index contributed by atoms with van der Waals surface area (Å²) >= 11 is 1.41. The lowest BCUT2D eigenvalue weighted by atomic mass is 9.90. The molecule has 3 fully saturated rings. The lowest BCUT2D eigenvalue weighted by molar-refractivity contribution is -0.0946. The van der Waals surface area contributed by atoms with Gasteiger partial charge in [-0.25, -0.2) is 0 Å². The van der Waals surface area contributed by atoms with Crippen LogP contribution >= 0.6 is 11.5 Å². The van der Waals surface area contributed by atoms with Crippen LogP contribution in [0.4, 0.5) is 17.5 Å². The Morgan fingerprint density at radius 1 is 1.06 bits per heavy atom. The van der Waals surface area contributed by atoms with Gasteiger partial charge in [0.15, 0.2) is 4.83 Å². The van der Waals surface area contributed by atoms with Crippen LogP contribution in [0, 0.1) is 6.92 Å². The Balaban J connectivity index is 1.13. The van der Waals surface area contributed by atoms with Gasteiger partial charge in [0.2, 0.25) is 5.95 Å². The van der Waals surface area contributed by atoms with Gasteiger partial charge in [0, 0.05) is 31.4 Å². The zero-order valence-corrected chi connectivity index (χ0v) is 21.5. The summed E-state index contributed by atoms with van der Waals surface area (Å²) in [5.74, 6) is 1.41. The van der Waals surface area contributed by atoms with Crippen LogP contribution in [0.1, 0.15) is 31.4 Å². The smallest absolute Gasteiger partial charge is 0.230 e. The Morgan fingerprint density at radius 3 is 2.72 bits per heavy atom. The standard InChI is InChI=1S/C24H34N8O3S/c1-16-21-22(26-17-2-4-19(5-3-17)31-6-8-33-9-7-31)28-24(29-23(21)36-30-16)27-18-12-25-32(13-18)14-20-15-34-10-11-35-20/h12-13,17,19-20H,2-11,14-15H2,1H3,(H2,26,27,28,29)/t17-,19-,20-/m0/s1. The summed E-state index contributed by atoms with van der Waals surface area (Å²) in [5, 5.41) is 12.6. The van der Waals surface area contributed by atoms with Crippen molar-refractivity contribution in [3.05, 3.63) is 18.1 Å². The number of morpholine rings is 1. The SMILES string of the molecule is Cc1nsc2nc(Nc3cnn(C[C@H]4COCCO4)c3)nc(N[C@H]3CC[C@H](N4CCOCC4)CC3)c12. The molecule has 3 aliphatic rings. The third-order valence-corrected chi connectivity index (χ3v) is 8.10. The molecular formula is C24H34N8O3S. The molecule has 0 amide bonds. The number of fused-ring (bicyclic) bond motifs is 1.